The number of nitrogens with two attached hydrogens (primary N) is 2. The van der Waals surface area contributed by atoms with Crippen molar-refractivity contribution >= 4 is 11.7 Å². The number of aromatic nitrogens is 2. The van der Waals surface area contributed by atoms with Crippen molar-refractivity contribution in [2.75, 3.05) is 18.8 Å². The minimum Gasteiger partial charge on any atom is -0.382 e. The van der Waals surface area contributed by atoms with E-state index in [1.165, 1.54) is 6.07 Å². The molecule has 1 rings (SSSR count). The maximum Gasteiger partial charge on any atom is 0.269 e. The van der Waals surface area contributed by atoms with E-state index in [1.54, 1.807) is 0 Å². The smallest absolute Gasteiger partial charge is 0.269 e. The summed E-state index contributed by atoms with van der Waals surface area (Å²) in [4.78, 5) is 11.1. The van der Waals surface area contributed by atoms with Crippen molar-refractivity contribution < 1.29 is 4.79 Å². The van der Waals surface area contributed by atoms with Crippen molar-refractivity contribution in [3.63, 3.8) is 0 Å². The van der Waals surface area contributed by atoms with Crippen LogP contribution in [-0.4, -0.2) is 29.2 Å². The number of carbonyl (C=O) groups is 1. The van der Waals surface area contributed by atoms with Crippen molar-refractivity contribution in [2.45, 2.75) is 0 Å². The third-order valence-electron chi connectivity index (χ3n) is 1.27. The van der Waals surface area contributed by atoms with Gasteiger partial charge in [0.15, 0.2) is 0 Å². The zero-order valence-electron chi connectivity index (χ0n) is 6.50. The first-order chi connectivity index (χ1) is 5.74. The number of nitrogens with zero attached hydrogens (tertiary/aromatic N) is 1. The molecule has 0 aliphatic rings. The Labute approximate surface area is 69.3 Å². The lowest BCUT2D eigenvalue weighted by Gasteiger charge is -1.98. The third kappa shape index (κ3) is 1.96. The van der Waals surface area contributed by atoms with Crippen molar-refractivity contribution in [3.8, 4) is 0 Å². The van der Waals surface area contributed by atoms with Crippen LogP contribution in [0.25, 0.3) is 0 Å². The Balaban J connectivity index is 2.53. The van der Waals surface area contributed by atoms with E-state index in [0.717, 1.165) is 0 Å². The van der Waals surface area contributed by atoms with Crippen LogP contribution in [0.15, 0.2) is 6.07 Å². The first kappa shape index (κ1) is 8.54. The molecular formula is C6H11N5O. The second-order valence-corrected chi connectivity index (χ2v) is 2.25. The Morgan fingerprint density at radius 2 is 2.50 bits per heavy atom. The minimum atomic E-state index is -0.246. The van der Waals surface area contributed by atoms with Crippen LogP contribution in [0.2, 0.25) is 0 Å². The maximum atomic E-state index is 11.1. The quantitative estimate of drug-likeness (QED) is 0.449. The van der Waals surface area contributed by atoms with Gasteiger partial charge in [0.2, 0.25) is 0 Å². The molecule has 12 heavy (non-hydrogen) atoms. The van der Waals surface area contributed by atoms with Gasteiger partial charge in [0.05, 0.1) is 0 Å². The second kappa shape index (κ2) is 3.72. The zero-order chi connectivity index (χ0) is 8.97. The summed E-state index contributed by atoms with van der Waals surface area (Å²) in [6, 6.07) is 1.46. The number of rotatable bonds is 3. The van der Waals surface area contributed by atoms with Gasteiger partial charge in [-0.15, -0.1) is 0 Å². The summed E-state index contributed by atoms with van der Waals surface area (Å²) >= 11 is 0. The lowest BCUT2D eigenvalue weighted by molar-refractivity contribution is 0.0950. The summed E-state index contributed by atoms with van der Waals surface area (Å²) in [6.07, 6.45) is 0. The molecule has 0 aliphatic carbocycles. The first-order valence-corrected chi connectivity index (χ1v) is 3.53. The van der Waals surface area contributed by atoms with Gasteiger partial charge in [0.25, 0.3) is 5.91 Å². The van der Waals surface area contributed by atoms with Crippen LogP contribution >= 0.6 is 0 Å². The number of aromatic amines is 1. The van der Waals surface area contributed by atoms with Crippen LogP contribution in [0.4, 0.5) is 5.82 Å². The molecule has 0 aliphatic heterocycles. The topological polar surface area (TPSA) is 110 Å². The van der Waals surface area contributed by atoms with Crippen LogP contribution in [0.5, 0.6) is 0 Å². The number of hydrogen-bond donors (Lipinski definition) is 4. The SMILES string of the molecule is NCCNC(=O)c1cc(N)n[nH]1. The van der Waals surface area contributed by atoms with E-state index in [1.807, 2.05) is 0 Å². The molecule has 1 aromatic rings. The van der Waals surface area contributed by atoms with E-state index in [2.05, 4.69) is 15.5 Å². The van der Waals surface area contributed by atoms with Gasteiger partial charge in [-0.2, -0.15) is 5.10 Å². The van der Waals surface area contributed by atoms with Crippen LogP contribution in [-0.2, 0) is 0 Å². The Morgan fingerprint density at radius 1 is 1.75 bits per heavy atom. The molecule has 6 nitrogen and oxygen atoms in total. The Morgan fingerprint density at radius 3 is 3.00 bits per heavy atom. The number of nitrogen functional groups attached to an aromatic ring is 1. The van der Waals surface area contributed by atoms with Crippen molar-refractivity contribution in [1.29, 1.82) is 0 Å². The molecule has 0 atom stereocenters. The largest absolute Gasteiger partial charge is 0.382 e. The molecule has 0 fully saturated rings. The minimum absolute atomic E-state index is 0.246. The van der Waals surface area contributed by atoms with Gasteiger partial charge in [-0.05, 0) is 0 Å². The van der Waals surface area contributed by atoms with E-state index in [9.17, 15) is 4.79 Å². The molecule has 0 radical (unpaired) electrons. The monoisotopic (exact) mass is 169 g/mol. The number of H-pyrrole nitrogens is 1. The van der Waals surface area contributed by atoms with Crippen molar-refractivity contribution in [2.24, 2.45) is 5.73 Å². The van der Waals surface area contributed by atoms with E-state index < -0.39 is 0 Å². The number of amides is 1. The molecule has 0 saturated carbocycles. The molecule has 1 heterocycles. The molecule has 0 aromatic carbocycles. The predicted octanol–water partition coefficient (Wildman–Crippen LogP) is -1.32. The molecule has 0 saturated heterocycles. The number of carbonyl (C=O) groups excluding carboxylic acids is 1. The van der Waals surface area contributed by atoms with Crippen molar-refractivity contribution in [1.82, 2.24) is 15.5 Å². The van der Waals surface area contributed by atoms with E-state index in [0.29, 0.717) is 24.6 Å². The third-order valence-corrected chi connectivity index (χ3v) is 1.27. The van der Waals surface area contributed by atoms with Crippen molar-refractivity contribution in [3.05, 3.63) is 11.8 Å². The Bertz CT molecular complexity index is 269. The summed E-state index contributed by atoms with van der Waals surface area (Å²) in [5.74, 6) is 0.0533. The molecule has 6 heteroatoms. The van der Waals surface area contributed by atoms with Crippen LogP contribution in [0.3, 0.4) is 0 Å². The van der Waals surface area contributed by atoms with E-state index in [-0.39, 0.29) is 5.91 Å². The van der Waals surface area contributed by atoms with Gasteiger partial charge in [0.1, 0.15) is 11.5 Å². The van der Waals surface area contributed by atoms with Gasteiger partial charge in [0, 0.05) is 19.2 Å². The standard InChI is InChI=1S/C6H11N5O/c7-1-2-9-6(12)4-3-5(8)11-10-4/h3H,1-2,7H2,(H,9,12)(H3,8,10,11). The summed E-state index contributed by atoms with van der Waals surface area (Å²) in [5, 5.41) is 8.66. The lowest BCUT2D eigenvalue weighted by Crippen LogP contribution is -2.29. The lowest BCUT2D eigenvalue weighted by atomic mass is 10.4. The summed E-state index contributed by atoms with van der Waals surface area (Å²) in [7, 11) is 0. The van der Waals surface area contributed by atoms with Crippen LogP contribution < -0.4 is 16.8 Å². The fraction of sp³-hybridized carbons (Fsp3) is 0.333. The number of nitrogens with one attached hydrogen (secondary N) is 2. The highest BCUT2D eigenvalue weighted by atomic mass is 16.1. The maximum absolute atomic E-state index is 11.1. The fourth-order valence-electron chi connectivity index (χ4n) is 0.734. The number of hydrogen-bond acceptors (Lipinski definition) is 4. The molecule has 66 valence electrons. The molecular weight excluding hydrogens is 158 g/mol. The molecule has 1 aromatic heterocycles. The normalized spacial score (nSPS) is 9.75. The molecule has 6 N–H and O–H groups in total. The number of anilines is 1. The van der Waals surface area contributed by atoms with Crippen LogP contribution in [0.1, 0.15) is 10.5 Å². The summed E-state index contributed by atoms with van der Waals surface area (Å²) in [6.45, 7) is 0.854. The molecule has 0 spiro atoms. The Hall–Kier alpha value is -1.56. The zero-order valence-corrected chi connectivity index (χ0v) is 6.50. The van der Waals surface area contributed by atoms with Gasteiger partial charge in [-0.25, -0.2) is 0 Å². The molecule has 0 bridgehead atoms. The summed E-state index contributed by atoms with van der Waals surface area (Å²) in [5.41, 5.74) is 10.8. The van der Waals surface area contributed by atoms with Gasteiger partial charge >= 0.3 is 0 Å². The Kier molecular flexibility index (Phi) is 2.65. The highest BCUT2D eigenvalue weighted by molar-refractivity contribution is 5.92. The van der Waals surface area contributed by atoms with Gasteiger partial charge in [-0.1, -0.05) is 0 Å². The van der Waals surface area contributed by atoms with Gasteiger partial charge < -0.3 is 16.8 Å². The highest BCUT2D eigenvalue weighted by Crippen LogP contribution is 1.98. The first-order valence-electron chi connectivity index (χ1n) is 3.53. The van der Waals surface area contributed by atoms with Crippen LogP contribution in [0, 0.1) is 0 Å². The molecule has 0 unspecified atom stereocenters. The highest BCUT2D eigenvalue weighted by Gasteiger charge is 2.06. The van der Waals surface area contributed by atoms with E-state index in [4.69, 9.17) is 11.5 Å². The molecule has 1 amide bonds. The average molecular weight is 169 g/mol. The second-order valence-electron chi connectivity index (χ2n) is 2.25. The summed E-state index contributed by atoms with van der Waals surface area (Å²) < 4.78 is 0. The average Bonchev–Trinajstić information content (AvgIpc) is 2.47. The fourth-order valence-corrected chi connectivity index (χ4v) is 0.734. The van der Waals surface area contributed by atoms with E-state index >= 15 is 0 Å². The predicted molar refractivity (Wildman–Crippen MR) is 44.4 cm³/mol. The van der Waals surface area contributed by atoms with Gasteiger partial charge in [-0.3, -0.25) is 9.89 Å².